The van der Waals surface area contributed by atoms with Gasteiger partial charge < -0.3 is 5.32 Å². The monoisotopic (exact) mass is 467 g/mol. The Labute approximate surface area is 182 Å². The molecule has 0 saturated heterocycles. The zero-order chi connectivity index (χ0) is 22.6. The van der Waals surface area contributed by atoms with E-state index >= 15 is 0 Å². The smallest absolute Gasteiger partial charge is 0.343 e. The van der Waals surface area contributed by atoms with Gasteiger partial charge in [0.25, 0.3) is 0 Å². The van der Waals surface area contributed by atoms with Crippen molar-refractivity contribution in [2.75, 3.05) is 5.32 Å². The van der Waals surface area contributed by atoms with E-state index in [1.807, 2.05) is 6.92 Å². The molecule has 0 fully saturated rings. The molecule has 0 saturated carbocycles. The van der Waals surface area contributed by atoms with Crippen molar-refractivity contribution in [3.8, 4) is 0 Å². The number of halogens is 4. The van der Waals surface area contributed by atoms with Crippen LogP contribution >= 0.6 is 11.6 Å². The Bertz CT molecular complexity index is 1280. The first-order valence-corrected chi connectivity index (χ1v) is 11.1. The van der Waals surface area contributed by atoms with Crippen LogP contribution in [0.5, 0.6) is 0 Å². The van der Waals surface area contributed by atoms with Crippen molar-refractivity contribution in [1.29, 1.82) is 0 Å². The van der Waals surface area contributed by atoms with Gasteiger partial charge in [0.15, 0.2) is 5.69 Å². The number of benzene rings is 2. The van der Waals surface area contributed by atoms with E-state index in [1.54, 1.807) is 36.4 Å². The van der Waals surface area contributed by atoms with Gasteiger partial charge in [0.05, 0.1) is 9.80 Å². The van der Waals surface area contributed by atoms with Crippen molar-refractivity contribution in [1.82, 2.24) is 9.78 Å². The number of fused-ring (bicyclic) bond motifs is 1. The number of alkyl halides is 3. The van der Waals surface area contributed by atoms with Crippen LogP contribution in [0.1, 0.15) is 29.8 Å². The Hall–Kier alpha value is -2.78. The molecule has 0 amide bonds. The van der Waals surface area contributed by atoms with Gasteiger partial charge in [0, 0.05) is 16.8 Å². The molecular formula is C21H17ClF3N3O2S. The maximum atomic E-state index is 13.6. The minimum absolute atomic E-state index is 0.0415. The third kappa shape index (κ3) is 3.83. The molecule has 5 nitrogen and oxygen atoms in total. The summed E-state index contributed by atoms with van der Waals surface area (Å²) in [6.07, 6.45) is -4.68. The molecule has 1 aromatic heterocycles. The van der Waals surface area contributed by atoms with Crippen molar-refractivity contribution in [2.45, 2.75) is 31.0 Å². The number of aryl methyl sites for hydroxylation is 1. The second kappa shape index (κ2) is 7.42. The average Bonchev–Trinajstić information content (AvgIpc) is 3.12. The highest BCUT2D eigenvalue weighted by Gasteiger charge is 2.41. The van der Waals surface area contributed by atoms with Crippen molar-refractivity contribution in [3.05, 3.63) is 87.0 Å². The van der Waals surface area contributed by atoms with Crippen LogP contribution in [0.2, 0.25) is 5.02 Å². The molecule has 3 aromatic rings. The number of rotatable bonds is 3. The summed E-state index contributed by atoms with van der Waals surface area (Å²) >= 11 is 5.97. The van der Waals surface area contributed by atoms with Crippen LogP contribution in [0, 0.1) is 6.92 Å². The number of hydrogen-bond acceptors (Lipinski definition) is 4. The second-order valence-electron chi connectivity index (χ2n) is 7.24. The summed E-state index contributed by atoms with van der Waals surface area (Å²) in [4.78, 5) is -0.0390. The first-order chi connectivity index (χ1) is 14.5. The number of allylic oxidation sites excluding steroid dienone is 2. The molecule has 2 aromatic carbocycles. The van der Waals surface area contributed by atoms with E-state index in [0.29, 0.717) is 10.6 Å². The normalized spacial score (nSPS) is 16.8. The van der Waals surface area contributed by atoms with Crippen molar-refractivity contribution in [2.24, 2.45) is 0 Å². The molecular weight excluding hydrogens is 451 g/mol. The predicted molar refractivity (Wildman–Crippen MR) is 112 cm³/mol. The molecule has 162 valence electrons. The third-order valence-corrected chi connectivity index (χ3v) is 7.26. The van der Waals surface area contributed by atoms with E-state index in [1.165, 1.54) is 19.1 Å². The van der Waals surface area contributed by atoms with Crippen LogP contribution in [-0.4, -0.2) is 18.2 Å². The molecule has 0 bridgehead atoms. The van der Waals surface area contributed by atoms with Gasteiger partial charge in [-0.1, -0.05) is 41.4 Å². The molecule has 1 atom stereocenters. The fraction of sp³-hybridized carbons (Fsp3) is 0.190. The molecule has 4 rings (SSSR count). The van der Waals surface area contributed by atoms with E-state index in [0.717, 1.165) is 16.3 Å². The van der Waals surface area contributed by atoms with Crippen molar-refractivity contribution < 1.29 is 21.6 Å². The van der Waals surface area contributed by atoms with E-state index in [2.05, 4.69) is 10.4 Å². The van der Waals surface area contributed by atoms with Gasteiger partial charge in [-0.3, -0.25) is 0 Å². The zero-order valence-electron chi connectivity index (χ0n) is 16.4. The first-order valence-electron chi connectivity index (χ1n) is 9.20. The third-order valence-electron chi connectivity index (χ3n) is 5.01. The van der Waals surface area contributed by atoms with Gasteiger partial charge in [0.1, 0.15) is 11.9 Å². The topological polar surface area (TPSA) is 64.0 Å². The molecule has 1 aliphatic heterocycles. The molecule has 0 radical (unpaired) electrons. The molecule has 0 aliphatic carbocycles. The lowest BCUT2D eigenvalue weighted by Gasteiger charge is -2.30. The van der Waals surface area contributed by atoms with E-state index < -0.39 is 27.7 Å². The van der Waals surface area contributed by atoms with Gasteiger partial charge in [-0.25, -0.2) is 13.1 Å². The van der Waals surface area contributed by atoms with E-state index in [4.69, 9.17) is 11.6 Å². The van der Waals surface area contributed by atoms with Gasteiger partial charge in [-0.15, -0.1) is 0 Å². The lowest BCUT2D eigenvalue weighted by Crippen LogP contribution is -2.28. The lowest BCUT2D eigenvalue weighted by molar-refractivity contribution is -0.141. The van der Waals surface area contributed by atoms with Crippen molar-refractivity contribution in [3.63, 3.8) is 0 Å². The molecule has 1 aliphatic rings. The summed E-state index contributed by atoms with van der Waals surface area (Å²) < 4.78 is 68.2. The lowest BCUT2D eigenvalue weighted by atomic mass is 10.0. The first kappa shape index (κ1) is 21.5. The number of hydrogen-bond donors (Lipinski definition) is 1. The van der Waals surface area contributed by atoms with E-state index in [-0.39, 0.29) is 21.3 Å². The van der Waals surface area contributed by atoms with Gasteiger partial charge in [0.2, 0.25) is 9.84 Å². The summed E-state index contributed by atoms with van der Waals surface area (Å²) in [5.74, 6) is 0.0487. The molecule has 1 N–H and O–H groups in total. The average molecular weight is 468 g/mol. The number of anilines is 1. The maximum absolute atomic E-state index is 13.6. The quantitative estimate of drug-likeness (QED) is 0.546. The maximum Gasteiger partial charge on any atom is 0.435 e. The van der Waals surface area contributed by atoms with Gasteiger partial charge >= 0.3 is 6.18 Å². The van der Waals surface area contributed by atoms with Crippen LogP contribution in [-0.2, 0) is 16.0 Å². The summed E-state index contributed by atoms with van der Waals surface area (Å²) in [5.41, 5.74) is 0.427. The number of nitrogens with one attached hydrogen (secondary N) is 1. The molecule has 0 spiro atoms. The van der Waals surface area contributed by atoms with Crippen molar-refractivity contribution >= 4 is 27.3 Å². The summed E-state index contributed by atoms with van der Waals surface area (Å²) in [7, 11) is -4.06. The fourth-order valence-electron chi connectivity index (χ4n) is 3.52. The van der Waals surface area contributed by atoms with Gasteiger partial charge in [-0.05, 0) is 43.7 Å². The standard InChI is InChI=1S/C21H17ClF3N3O2S/c1-12-3-9-16(10-4-12)31(29,30)20-13(2)26-18-11-17(21(23,24)25)27-28(18)19(20)14-5-7-15(22)8-6-14/h3-11,19,26H,1-2H3. The Balaban J connectivity index is 1.95. The zero-order valence-corrected chi connectivity index (χ0v) is 18.0. The Morgan fingerprint density at radius 1 is 1.03 bits per heavy atom. The van der Waals surface area contributed by atoms with Crippen LogP contribution in [0.25, 0.3) is 0 Å². The SMILES string of the molecule is CC1=C(S(=O)(=O)c2ccc(C)cc2)C(c2ccc(Cl)cc2)n2nc(C(F)(F)F)cc2N1. The molecule has 10 heteroatoms. The fourth-order valence-corrected chi connectivity index (χ4v) is 5.38. The molecule has 2 heterocycles. The summed E-state index contributed by atoms with van der Waals surface area (Å²) in [5, 5.41) is 6.90. The Morgan fingerprint density at radius 2 is 1.65 bits per heavy atom. The Morgan fingerprint density at radius 3 is 2.23 bits per heavy atom. The van der Waals surface area contributed by atoms with E-state index in [9.17, 15) is 21.6 Å². The predicted octanol–water partition coefficient (Wildman–Crippen LogP) is 5.58. The largest absolute Gasteiger partial charge is 0.435 e. The van der Waals surface area contributed by atoms with Crippen LogP contribution in [0.3, 0.4) is 0 Å². The Kier molecular flexibility index (Phi) is 5.13. The van der Waals surface area contributed by atoms with Crippen LogP contribution in [0.4, 0.5) is 19.0 Å². The number of aromatic nitrogens is 2. The van der Waals surface area contributed by atoms with Crippen LogP contribution in [0.15, 0.2) is 70.1 Å². The minimum Gasteiger partial charge on any atom is -0.343 e. The van der Waals surface area contributed by atoms with Gasteiger partial charge in [-0.2, -0.15) is 18.3 Å². The highest BCUT2D eigenvalue weighted by molar-refractivity contribution is 7.95. The number of sulfone groups is 1. The summed E-state index contributed by atoms with van der Waals surface area (Å²) in [6.45, 7) is 3.35. The van der Waals surface area contributed by atoms with Crippen LogP contribution < -0.4 is 5.32 Å². The highest BCUT2D eigenvalue weighted by Crippen LogP contribution is 2.43. The highest BCUT2D eigenvalue weighted by atomic mass is 35.5. The molecule has 31 heavy (non-hydrogen) atoms. The minimum atomic E-state index is -4.68. The summed E-state index contributed by atoms with van der Waals surface area (Å²) in [6, 6.07) is 12.3. The molecule has 1 unspecified atom stereocenters. The second-order valence-corrected chi connectivity index (χ2v) is 9.60. The number of nitrogens with zero attached hydrogens (tertiary/aromatic N) is 2.